The SMILES string of the molecule is COc1cc(C)c(-c2ncn(C)c2C#N)cc1Cl. The molecule has 1 heterocycles. The molecule has 0 spiro atoms. The summed E-state index contributed by atoms with van der Waals surface area (Å²) in [6.07, 6.45) is 1.62. The third-order valence-corrected chi connectivity index (χ3v) is 3.09. The van der Waals surface area contributed by atoms with Crippen molar-refractivity contribution in [3.8, 4) is 23.1 Å². The van der Waals surface area contributed by atoms with Gasteiger partial charge < -0.3 is 9.30 Å². The molecule has 92 valence electrons. The number of nitriles is 1. The van der Waals surface area contributed by atoms with Gasteiger partial charge in [0, 0.05) is 12.6 Å². The predicted octanol–water partition coefficient (Wildman–Crippen LogP) is 2.93. The molecule has 0 saturated carbocycles. The van der Waals surface area contributed by atoms with Crippen molar-refractivity contribution in [2.45, 2.75) is 6.92 Å². The average molecular weight is 262 g/mol. The van der Waals surface area contributed by atoms with Crippen LogP contribution in [0.15, 0.2) is 18.5 Å². The molecule has 0 bridgehead atoms. The van der Waals surface area contributed by atoms with Gasteiger partial charge in [-0.2, -0.15) is 5.26 Å². The summed E-state index contributed by atoms with van der Waals surface area (Å²) in [4.78, 5) is 4.26. The third kappa shape index (κ3) is 1.93. The van der Waals surface area contributed by atoms with E-state index in [9.17, 15) is 0 Å². The Morgan fingerprint density at radius 1 is 1.44 bits per heavy atom. The zero-order chi connectivity index (χ0) is 13.3. The molecule has 2 aromatic rings. The second kappa shape index (κ2) is 4.71. The van der Waals surface area contributed by atoms with Gasteiger partial charge in [-0.05, 0) is 24.6 Å². The van der Waals surface area contributed by atoms with Crippen LogP contribution in [-0.2, 0) is 7.05 Å². The summed E-state index contributed by atoms with van der Waals surface area (Å²) in [6.45, 7) is 1.93. The van der Waals surface area contributed by atoms with Gasteiger partial charge >= 0.3 is 0 Å². The third-order valence-electron chi connectivity index (χ3n) is 2.80. The molecule has 2 rings (SSSR count). The Labute approximate surface area is 110 Å². The van der Waals surface area contributed by atoms with Crippen molar-refractivity contribution in [1.82, 2.24) is 9.55 Å². The first kappa shape index (κ1) is 12.5. The molecule has 0 radical (unpaired) electrons. The van der Waals surface area contributed by atoms with Crippen LogP contribution < -0.4 is 4.74 Å². The lowest BCUT2D eigenvalue weighted by Gasteiger charge is -2.09. The Bertz CT molecular complexity index is 640. The molecular weight excluding hydrogens is 250 g/mol. The van der Waals surface area contributed by atoms with Crippen LogP contribution >= 0.6 is 11.6 Å². The first-order chi connectivity index (χ1) is 8.58. The molecule has 0 unspecified atom stereocenters. The second-order valence-corrected chi connectivity index (χ2v) is 4.37. The van der Waals surface area contributed by atoms with E-state index in [1.54, 1.807) is 31.1 Å². The summed E-state index contributed by atoms with van der Waals surface area (Å²) in [5.74, 6) is 0.618. The van der Waals surface area contributed by atoms with E-state index >= 15 is 0 Å². The van der Waals surface area contributed by atoms with Gasteiger partial charge in [-0.3, -0.25) is 0 Å². The van der Waals surface area contributed by atoms with Crippen LogP contribution in [-0.4, -0.2) is 16.7 Å². The topological polar surface area (TPSA) is 50.8 Å². The summed E-state index contributed by atoms with van der Waals surface area (Å²) >= 11 is 6.11. The van der Waals surface area contributed by atoms with Crippen molar-refractivity contribution in [2.75, 3.05) is 7.11 Å². The van der Waals surface area contributed by atoms with Crippen LogP contribution in [0.2, 0.25) is 5.02 Å². The van der Waals surface area contributed by atoms with Crippen molar-refractivity contribution in [3.05, 3.63) is 34.7 Å². The highest BCUT2D eigenvalue weighted by Crippen LogP contribution is 2.33. The highest BCUT2D eigenvalue weighted by molar-refractivity contribution is 6.32. The van der Waals surface area contributed by atoms with Crippen LogP contribution in [0.3, 0.4) is 0 Å². The van der Waals surface area contributed by atoms with E-state index < -0.39 is 0 Å². The number of hydrogen-bond acceptors (Lipinski definition) is 3. The summed E-state index contributed by atoms with van der Waals surface area (Å²) < 4.78 is 6.84. The molecule has 1 aromatic carbocycles. The maximum atomic E-state index is 9.14. The largest absolute Gasteiger partial charge is 0.495 e. The number of aryl methyl sites for hydroxylation is 2. The second-order valence-electron chi connectivity index (χ2n) is 3.97. The fourth-order valence-corrected chi connectivity index (χ4v) is 2.07. The van der Waals surface area contributed by atoms with Crippen molar-refractivity contribution in [3.63, 3.8) is 0 Å². The summed E-state index contributed by atoms with van der Waals surface area (Å²) in [6, 6.07) is 5.76. The quantitative estimate of drug-likeness (QED) is 0.835. The van der Waals surface area contributed by atoms with Crippen molar-refractivity contribution in [1.29, 1.82) is 5.26 Å². The first-order valence-corrected chi connectivity index (χ1v) is 5.72. The Hall–Kier alpha value is -1.99. The van der Waals surface area contributed by atoms with Gasteiger partial charge in [-0.1, -0.05) is 11.6 Å². The number of hydrogen-bond donors (Lipinski definition) is 0. The van der Waals surface area contributed by atoms with E-state index in [1.165, 1.54) is 0 Å². The Kier molecular flexibility index (Phi) is 3.26. The molecule has 0 amide bonds. The van der Waals surface area contributed by atoms with Crippen LogP contribution in [0.5, 0.6) is 5.75 Å². The number of imidazole rings is 1. The number of halogens is 1. The number of nitrogens with zero attached hydrogens (tertiary/aromatic N) is 3. The Morgan fingerprint density at radius 2 is 2.17 bits per heavy atom. The zero-order valence-corrected chi connectivity index (χ0v) is 11.1. The maximum absolute atomic E-state index is 9.14. The minimum Gasteiger partial charge on any atom is -0.495 e. The number of benzene rings is 1. The van der Waals surface area contributed by atoms with Gasteiger partial charge in [0.1, 0.15) is 23.2 Å². The van der Waals surface area contributed by atoms with E-state index in [0.29, 0.717) is 22.2 Å². The molecule has 0 fully saturated rings. The van der Waals surface area contributed by atoms with Crippen LogP contribution in [0.4, 0.5) is 0 Å². The van der Waals surface area contributed by atoms with Gasteiger partial charge in [0.25, 0.3) is 0 Å². The Balaban J connectivity index is 2.65. The van der Waals surface area contributed by atoms with E-state index in [-0.39, 0.29) is 0 Å². The first-order valence-electron chi connectivity index (χ1n) is 5.34. The van der Waals surface area contributed by atoms with Crippen molar-refractivity contribution >= 4 is 11.6 Å². The summed E-state index contributed by atoms with van der Waals surface area (Å²) in [5.41, 5.74) is 2.96. The Morgan fingerprint density at radius 3 is 2.78 bits per heavy atom. The molecular formula is C13H12ClN3O. The highest BCUT2D eigenvalue weighted by atomic mass is 35.5. The molecule has 4 nitrogen and oxygen atoms in total. The number of methoxy groups -OCH3 is 1. The van der Waals surface area contributed by atoms with Gasteiger partial charge in [0.2, 0.25) is 0 Å². The zero-order valence-electron chi connectivity index (χ0n) is 10.4. The molecule has 0 aliphatic heterocycles. The molecule has 0 N–H and O–H groups in total. The summed E-state index contributed by atoms with van der Waals surface area (Å²) in [7, 11) is 3.36. The summed E-state index contributed by atoms with van der Waals surface area (Å²) in [5, 5.41) is 9.65. The van der Waals surface area contributed by atoms with Gasteiger partial charge in [-0.25, -0.2) is 4.98 Å². The van der Waals surface area contributed by atoms with Gasteiger partial charge in [-0.15, -0.1) is 0 Å². The molecule has 1 aromatic heterocycles. The van der Waals surface area contributed by atoms with Crippen molar-refractivity contribution < 1.29 is 4.74 Å². The minimum atomic E-state index is 0.507. The van der Waals surface area contributed by atoms with Crippen LogP contribution in [0.1, 0.15) is 11.3 Å². The molecule has 0 aliphatic rings. The number of aromatic nitrogens is 2. The van der Waals surface area contributed by atoms with Gasteiger partial charge in [0.05, 0.1) is 18.5 Å². The predicted molar refractivity (Wildman–Crippen MR) is 69.7 cm³/mol. The molecule has 0 aliphatic carbocycles. The van der Waals surface area contributed by atoms with Gasteiger partial charge in [0.15, 0.2) is 0 Å². The maximum Gasteiger partial charge on any atom is 0.147 e. The van der Waals surface area contributed by atoms with E-state index in [0.717, 1.165) is 11.1 Å². The van der Waals surface area contributed by atoms with Crippen molar-refractivity contribution in [2.24, 2.45) is 7.05 Å². The van der Waals surface area contributed by atoms with Crippen LogP contribution in [0, 0.1) is 18.3 Å². The lowest BCUT2D eigenvalue weighted by atomic mass is 10.0. The number of rotatable bonds is 2. The highest BCUT2D eigenvalue weighted by Gasteiger charge is 2.15. The minimum absolute atomic E-state index is 0.507. The lowest BCUT2D eigenvalue weighted by molar-refractivity contribution is 0.415. The van der Waals surface area contributed by atoms with E-state index in [4.69, 9.17) is 21.6 Å². The lowest BCUT2D eigenvalue weighted by Crippen LogP contribution is -1.93. The average Bonchev–Trinajstić information content (AvgIpc) is 2.72. The molecule has 0 atom stereocenters. The van der Waals surface area contributed by atoms with Crippen LogP contribution in [0.25, 0.3) is 11.3 Å². The smallest absolute Gasteiger partial charge is 0.147 e. The standard InChI is InChI=1S/C13H12ClN3O/c1-8-4-12(18-3)10(14)5-9(8)13-11(6-15)17(2)7-16-13/h4-5,7H,1-3H3. The fraction of sp³-hybridized carbons (Fsp3) is 0.231. The molecule has 18 heavy (non-hydrogen) atoms. The number of ether oxygens (including phenoxy) is 1. The normalized spacial score (nSPS) is 10.2. The fourth-order valence-electron chi connectivity index (χ4n) is 1.83. The van der Waals surface area contributed by atoms with E-state index in [1.807, 2.05) is 13.0 Å². The monoisotopic (exact) mass is 261 g/mol. The molecule has 0 saturated heterocycles. The van der Waals surface area contributed by atoms with E-state index in [2.05, 4.69) is 11.1 Å². The molecule has 5 heteroatoms.